The molecule has 0 amide bonds. The van der Waals surface area contributed by atoms with Gasteiger partial charge in [-0.1, -0.05) is 0 Å². The van der Waals surface area contributed by atoms with E-state index in [1.165, 1.54) is 0 Å². The zero-order valence-corrected chi connectivity index (χ0v) is 10.4. The Kier molecular flexibility index (Phi) is 3.85. The van der Waals surface area contributed by atoms with Crippen molar-refractivity contribution in [2.75, 3.05) is 39.8 Å². The number of nitrogens with zero attached hydrogens (tertiary/aromatic N) is 2. The van der Waals surface area contributed by atoms with Gasteiger partial charge in [0.05, 0.1) is 5.60 Å². The molecule has 16 heavy (non-hydrogen) atoms. The summed E-state index contributed by atoms with van der Waals surface area (Å²) in [6.07, 6.45) is 3.98. The molecule has 0 aromatic rings. The van der Waals surface area contributed by atoms with Crippen LogP contribution in [0.4, 0.5) is 0 Å². The zero-order valence-electron chi connectivity index (χ0n) is 10.4. The average molecular weight is 227 g/mol. The molecule has 2 fully saturated rings. The highest BCUT2D eigenvalue weighted by molar-refractivity contribution is 4.89. The van der Waals surface area contributed by atoms with Crippen LogP contribution >= 0.6 is 0 Å². The van der Waals surface area contributed by atoms with Crippen LogP contribution < -0.4 is 5.73 Å². The van der Waals surface area contributed by atoms with Crippen molar-refractivity contribution in [3.8, 4) is 0 Å². The van der Waals surface area contributed by atoms with Gasteiger partial charge in [-0.05, 0) is 45.8 Å². The normalized spacial score (nSPS) is 29.4. The standard InChI is InChI=1S/C12H25N3O/c1-14-8-4-12(16,5-9-14)10-15-6-2-11(13)3-7-15/h11,16H,2-10,13H2,1H3. The van der Waals surface area contributed by atoms with Gasteiger partial charge in [-0.3, -0.25) is 0 Å². The van der Waals surface area contributed by atoms with Crippen LogP contribution in [0.15, 0.2) is 0 Å². The molecular weight excluding hydrogens is 202 g/mol. The first-order valence-electron chi connectivity index (χ1n) is 6.46. The molecule has 0 saturated carbocycles. The van der Waals surface area contributed by atoms with E-state index in [0.29, 0.717) is 6.04 Å². The third kappa shape index (κ3) is 3.17. The smallest absolute Gasteiger partial charge is 0.0798 e. The Bertz CT molecular complexity index is 218. The molecule has 2 saturated heterocycles. The van der Waals surface area contributed by atoms with Crippen LogP contribution in [-0.4, -0.2) is 66.3 Å². The molecule has 0 unspecified atom stereocenters. The third-order valence-corrected chi connectivity index (χ3v) is 4.07. The Morgan fingerprint density at radius 3 is 2.31 bits per heavy atom. The van der Waals surface area contributed by atoms with Crippen molar-refractivity contribution in [1.29, 1.82) is 0 Å². The van der Waals surface area contributed by atoms with Crippen molar-refractivity contribution >= 4 is 0 Å². The second kappa shape index (κ2) is 5.00. The van der Waals surface area contributed by atoms with Gasteiger partial charge in [0.15, 0.2) is 0 Å². The maximum atomic E-state index is 10.5. The van der Waals surface area contributed by atoms with Gasteiger partial charge in [0.1, 0.15) is 0 Å². The average Bonchev–Trinajstić information content (AvgIpc) is 2.27. The minimum absolute atomic E-state index is 0.378. The number of nitrogens with two attached hydrogens (primary N) is 1. The van der Waals surface area contributed by atoms with Crippen molar-refractivity contribution in [1.82, 2.24) is 9.80 Å². The highest BCUT2D eigenvalue weighted by atomic mass is 16.3. The van der Waals surface area contributed by atoms with E-state index >= 15 is 0 Å². The van der Waals surface area contributed by atoms with E-state index < -0.39 is 5.60 Å². The monoisotopic (exact) mass is 227 g/mol. The molecule has 2 aliphatic heterocycles. The minimum Gasteiger partial charge on any atom is -0.388 e. The molecule has 0 aromatic heterocycles. The molecule has 4 nitrogen and oxygen atoms in total. The van der Waals surface area contributed by atoms with Crippen molar-refractivity contribution < 1.29 is 5.11 Å². The van der Waals surface area contributed by atoms with Crippen LogP contribution in [0.5, 0.6) is 0 Å². The number of hydrogen-bond acceptors (Lipinski definition) is 4. The third-order valence-electron chi connectivity index (χ3n) is 4.07. The van der Waals surface area contributed by atoms with Crippen LogP contribution in [0.2, 0.25) is 0 Å². The summed E-state index contributed by atoms with van der Waals surface area (Å²) < 4.78 is 0. The van der Waals surface area contributed by atoms with E-state index in [1.807, 2.05) is 0 Å². The number of β-amino-alcohol motifs (C(OH)–C–C–N with tert-alkyl or cyclic N) is 1. The zero-order chi connectivity index (χ0) is 11.6. The lowest BCUT2D eigenvalue weighted by molar-refractivity contribution is -0.0447. The van der Waals surface area contributed by atoms with Gasteiger partial charge in [0.25, 0.3) is 0 Å². The number of aliphatic hydroxyl groups is 1. The maximum absolute atomic E-state index is 10.5. The second-order valence-electron chi connectivity index (χ2n) is 5.64. The Labute approximate surface area is 98.4 Å². The summed E-state index contributed by atoms with van der Waals surface area (Å²) in [5.41, 5.74) is 5.43. The SMILES string of the molecule is CN1CCC(O)(CN2CCC(N)CC2)CC1. The summed E-state index contributed by atoms with van der Waals surface area (Å²) in [6, 6.07) is 0.378. The van der Waals surface area contributed by atoms with E-state index in [-0.39, 0.29) is 0 Å². The van der Waals surface area contributed by atoms with Gasteiger partial charge < -0.3 is 20.6 Å². The van der Waals surface area contributed by atoms with E-state index in [0.717, 1.165) is 58.4 Å². The van der Waals surface area contributed by atoms with Crippen molar-refractivity contribution in [3.63, 3.8) is 0 Å². The van der Waals surface area contributed by atoms with E-state index in [4.69, 9.17) is 5.73 Å². The Morgan fingerprint density at radius 2 is 1.75 bits per heavy atom. The molecular formula is C12H25N3O. The molecule has 2 aliphatic rings. The fourth-order valence-electron chi connectivity index (χ4n) is 2.72. The first-order valence-corrected chi connectivity index (χ1v) is 6.46. The lowest BCUT2D eigenvalue weighted by atomic mass is 9.90. The summed E-state index contributed by atoms with van der Waals surface area (Å²) in [6.45, 7) is 4.99. The van der Waals surface area contributed by atoms with Crippen LogP contribution in [-0.2, 0) is 0 Å². The Hall–Kier alpha value is -0.160. The van der Waals surface area contributed by atoms with Crippen LogP contribution in [0.3, 0.4) is 0 Å². The Balaban J connectivity index is 1.80. The molecule has 4 heteroatoms. The first kappa shape index (κ1) is 12.3. The summed E-state index contributed by atoms with van der Waals surface area (Å²) >= 11 is 0. The number of piperidine rings is 2. The molecule has 0 aromatic carbocycles. The van der Waals surface area contributed by atoms with Gasteiger partial charge in [0.2, 0.25) is 0 Å². The molecule has 0 aliphatic carbocycles. The minimum atomic E-state index is -0.450. The summed E-state index contributed by atoms with van der Waals surface area (Å²) in [5.74, 6) is 0. The van der Waals surface area contributed by atoms with Gasteiger partial charge in [-0.25, -0.2) is 0 Å². The number of rotatable bonds is 2. The van der Waals surface area contributed by atoms with Crippen molar-refractivity contribution in [2.45, 2.75) is 37.3 Å². The van der Waals surface area contributed by atoms with E-state index in [1.54, 1.807) is 0 Å². The predicted octanol–water partition coefficient (Wildman–Crippen LogP) is -0.134. The van der Waals surface area contributed by atoms with Crippen molar-refractivity contribution in [2.24, 2.45) is 5.73 Å². The highest BCUT2D eigenvalue weighted by Crippen LogP contribution is 2.23. The molecule has 2 heterocycles. The largest absolute Gasteiger partial charge is 0.388 e. The molecule has 94 valence electrons. The summed E-state index contributed by atoms with van der Waals surface area (Å²) in [5, 5.41) is 10.5. The summed E-state index contributed by atoms with van der Waals surface area (Å²) in [4.78, 5) is 4.68. The van der Waals surface area contributed by atoms with Gasteiger partial charge >= 0.3 is 0 Å². The topological polar surface area (TPSA) is 52.7 Å². The molecule has 0 bridgehead atoms. The van der Waals surface area contributed by atoms with Gasteiger partial charge in [-0.2, -0.15) is 0 Å². The van der Waals surface area contributed by atoms with Crippen LogP contribution in [0, 0.1) is 0 Å². The van der Waals surface area contributed by atoms with E-state index in [9.17, 15) is 5.11 Å². The fourth-order valence-corrected chi connectivity index (χ4v) is 2.72. The molecule has 0 radical (unpaired) electrons. The molecule has 3 N–H and O–H groups in total. The van der Waals surface area contributed by atoms with Gasteiger partial charge in [-0.15, -0.1) is 0 Å². The second-order valence-corrected chi connectivity index (χ2v) is 5.64. The number of hydrogen-bond donors (Lipinski definition) is 2. The van der Waals surface area contributed by atoms with Crippen molar-refractivity contribution in [3.05, 3.63) is 0 Å². The lowest BCUT2D eigenvalue weighted by Crippen LogP contribution is -2.52. The number of likely N-dealkylation sites (tertiary alicyclic amines) is 2. The molecule has 0 spiro atoms. The maximum Gasteiger partial charge on any atom is 0.0798 e. The first-order chi connectivity index (χ1) is 7.57. The molecule has 2 rings (SSSR count). The molecule has 0 atom stereocenters. The van der Waals surface area contributed by atoms with Gasteiger partial charge in [0, 0.05) is 25.7 Å². The van der Waals surface area contributed by atoms with Crippen LogP contribution in [0.1, 0.15) is 25.7 Å². The quantitative estimate of drug-likeness (QED) is 0.690. The predicted molar refractivity (Wildman–Crippen MR) is 65.3 cm³/mol. The lowest BCUT2D eigenvalue weighted by Gasteiger charge is -2.41. The Morgan fingerprint density at radius 1 is 1.19 bits per heavy atom. The van der Waals surface area contributed by atoms with E-state index in [2.05, 4.69) is 16.8 Å². The highest BCUT2D eigenvalue weighted by Gasteiger charge is 2.33. The fraction of sp³-hybridized carbons (Fsp3) is 1.00. The van der Waals surface area contributed by atoms with Crippen LogP contribution in [0.25, 0.3) is 0 Å². The summed E-state index contributed by atoms with van der Waals surface area (Å²) in [7, 11) is 2.12.